The summed E-state index contributed by atoms with van der Waals surface area (Å²) in [4.78, 5) is 2.99. The molecule has 0 spiro atoms. The highest BCUT2D eigenvalue weighted by Crippen LogP contribution is 2.02. The summed E-state index contributed by atoms with van der Waals surface area (Å²) in [5.41, 5.74) is 2.57. The van der Waals surface area contributed by atoms with Crippen LogP contribution in [0.1, 0.15) is 33.3 Å². The van der Waals surface area contributed by atoms with Gasteiger partial charge < -0.3 is 4.98 Å². The largest absolute Gasteiger partial charge is 0.367 e. The van der Waals surface area contributed by atoms with E-state index in [-0.39, 0.29) is 0 Å². The molecule has 0 bridgehead atoms. The Balaban J connectivity index is 0.000000461. The Hall–Kier alpha value is -0.980. The molecular formula is C10H17N. The summed E-state index contributed by atoms with van der Waals surface area (Å²) >= 11 is 0. The van der Waals surface area contributed by atoms with Crippen molar-refractivity contribution in [1.82, 2.24) is 4.98 Å². The van der Waals surface area contributed by atoms with Gasteiger partial charge in [0.1, 0.15) is 0 Å². The molecule has 62 valence electrons. The van der Waals surface area contributed by atoms with Gasteiger partial charge in [-0.1, -0.05) is 25.5 Å². The van der Waals surface area contributed by atoms with E-state index in [1.807, 2.05) is 32.3 Å². The summed E-state index contributed by atoms with van der Waals surface area (Å²) in [5, 5.41) is 0. The molecule has 0 saturated carbocycles. The van der Waals surface area contributed by atoms with E-state index in [1.54, 1.807) is 0 Å². The molecule has 1 nitrogen and oxygen atoms in total. The molecule has 0 unspecified atom stereocenters. The van der Waals surface area contributed by atoms with Crippen LogP contribution in [-0.2, 0) is 0 Å². The lowest BCUT2D eigenvalue weighted by atomic mass is 10.2. The number of rotatable bonds is 1. The van der Waals surface area contributed by atoms with Crippen molar-refractivity contribution in [2.45, 2.75) is 27.7 Å². The second kappa shape index (κ2) is 5.78. The van der Waals surface area contributed by atoms with E-state index < -0.39 is 0 Å². The molecule has 1 aromatic rings. The zero-order valence-corrected chi connectivity index (χ0v) is 7.81. The number of hydrogen-bond acceptors (Lipinski definition) is 0. The first-order chi connectivity index (χ1) is 5.29. The minimum absolute atomic E-state index is 1.25. The third-order valence-electron chi connectivity index (χ3n) is 1.08. The van der Waals surface area contributed by atoms with E-state index in [0.717, 1.165) is 0 Å². The van der Waals surface area contributed by atoms with Crippen molar-refractivity contribution in [1.29, 1.82) is 0 Å². The fourth-order valence-corrected chi connectivity index (χ4v) is 0.760. The lowest BCUT2D eigenvalue weighted by Gasteiger charge is -1.84. The van der Waals surface area contributed by atoms with Gasteiger partial charge in [-0.25, -0.2) is 0 Å². The summed E-state index contributed by atoms with van der Waals surface area (Å²) < 4.78 is 0. The van der Waals surface area contributed by atoms with Crippen LogP contribution in [-0.4, -0.2) is 4.98 Å². The monoisotopic (exact) mass is 151 g/mol. The maximum atomic E-state index is 2.99. The summed E-state index contributed by atoms with van der Waals surface area (Å²) in [7, 11) is 0. The number of H-pyrrole nitrogens is 1. The van der Waals surface area contributed by atoms with Gasteiger partial charge in [0.25, 0.3) is 0 Å². The van der Waals surface area contributed by atoms with Crippen molar-refractivity contribution in [3.05, 3.63) is 29.6 Å². The third-order valence-corrected chi connectivity index (χ3v) is 1.08. The quantitative estimate of drug-likeness (QED) is 0.632. The Morgan fingerprint density at radius 1 is 1.36 bits per heavy atom. The van der Waals surface area contributed by atoms with Crippen molar-refractivity contribution in [3.8, 4) is 0 Å². The van der Waals surface area contributed by atoms with E-state index in [1.165, 1.54) is 11.1 Å². The molecule has 11 heavy (non-hydrogen) atoms. The molecule has 1 heteroatoms. The Labute approximate surface area is 69.1 Å². The molecule has 0 aliphatic carbocycles. The standard InChI is InChI=1S/C8H11N.C2H6/c1-7(2)5-8-3-4-9-6-8;1-2/h3-6,9H,1-2H3;1-2H3. The van der Waals surface area contributed by atoms with Crippen molar-refractivity contribution in [2.24, 2.45) is 0 Å². The molecule has 0 fully saturated rings. The number of hydrogen-bond donors (Lipinski definition) is 1. The van der Waals surface area contributed by atoms with Gasteiger partial charge in [-0.2, -0.15) is 0 Å². The first-order valence-corrected chi connectivity index (χ1v) is 4.07. The molecule has 1 rings (SSSR count). The number of aromatic amines is 1. The van der Waals surface area contributed by atoms with E-state index in [0.29, 0.717) is 0 Å². The summed E-state index contributed by atoms with van der Waals surface area (Å²) in [6, 6.07) is 2.05. The lowest BCUT2D eigenvalue weighted by molar-refractivity contribution is 1.40. The molecule has 0 aliphatic heterocycles. The second-order valence-electron chi connectivity index (χ2n) is 2.37. The lowest BCUT2D eigenvalue weighted by Crippen LogP contribution is -1.63. The summed E-state index contributed by atoms with van der Waals surface area (Å²) in [6.45, 7) is 8.18. The first-order valence-electron chi connectivity index (χ1n) is 4.07. The van der Waals surface area contributed by atoms with E-state index in [9.17, 15) is 0 Å². The Bertz CT molecular complexity index is 191. The molecule has 0 atom stereocenters. The Morgan fingerprint density at radius 2 is 2.00 bits per heavy atom. The predicted octanol–water partition coefficient (Wildman–Crippen LogP) is 3.46. The van der Waals surface area contributed by atoms with Crippen molar-refractivity contribution < 1.29 is 0 Å². The highest BCUT2D eigenvalue weighted by Gasteiger charge is 1.83. The van der Waals surface area contributed by atoms with Crippen LogP contribution in [0.3, 0.4) is 0 Å². The predicted molar refractivity (Wildman–Crippen MR) is 51.5 cm³/mol. The van der Waals surface area contributed by atoms with Crippen LogP contribution >= 0.6 is 0 Å². The Morgan fingerprint density at radius 3 is 2.36 bits per heavy atom. The van der Waals surface area contributed by atoms with Gasteiger partial charge in [0.05, 0.1) is 0 Å². The summed E-state index contributed by atoms with van der Waals surface area (Å²) in [6.07, 6.45) is 6.04. The van der Waals surface area contributed by atoms with Crippen LogP contribution in [0.15, 0.2) is 24.0 Å². The SMILES string of the molecule is CC.CC(C)=Cc1cc[nH]c1. The molecular weight excluding hydrogens is 134 g/mol. The molecule has 1 N–H and O–H groups in total. The fraction of sp³-hybridized carbons (Fsp3) is 0.400. The average Bonchev–Trinajstić information content (AvgIpc) is 2.43. The molecule has 0 amide bonds. The van der Waals surface area contributed by atoms with Crippen molar-refractivity contribution in [3.63, 3.8) is 0 Å². The first kappa shape index (κ1) is 10.0. The molecule has 1 heterocycles. The van der Waals surface area contributed by atoms with Gasteiger partial charge in [0.2, 0.25) is 0 Å². The third kappa shape index (κ3) is 4.43. The topological polar surface area (TPSA) is 15.8 Å². The number of allylic oxidation sites excluding steroid dienone is 1. The minimum atomic E-state index is 1.25. The molecule has 0 radical (unpaired) electrons. The van der Waals surface area contributed by atoms with Crippen LogP contribution in [0.4, 0.5) is 0 Å². The van der Waals surface area contributed by atoms with Gasteiger partial charge in [-0.05, 0) is 25.5 Å². The van der Waals surface area contributed by atoms with Crippen LogP contribution in [0, 0.1) is 0 Å². The van der Waals surface area contributed by atoms with E-state index >= 15 is 0 Å². The van der Waals surface area contributed by atoms with E-state index in [4.69, 9.17) is 0 Å². The molecule has 0 aliphatic rings. The van der Waals surface area contributed by atoms with Crippen LogP contribution < -0.4 is 0 Å². The van der Waals surface area contributed by atoms with Gasteiger partial charge in [-0.3, -0.25) is 0 Å². The Kier molecular flexibility index (Phi) is 5.26. The smallest absolute Gasteiger partial charge is 0.00780 e. The fourth-order valence-electron chi connectivity index (χ4n) is 0.760. The zero-order valence-electron chi connectivity index (χ0n) is 7.81. The maximum Gasteiger partial charge on any atom is 0.00780 e. The zero-order chi connectivity index (χ0) is 8.69. The summed E-state index contributed by atoms with van der Waals surface area (Å²) in [5.74, 6) is 0. The van der Waals surface area contributed by atoms with Gasteiger partial charge in [0, 0.05) is 12.4 Å². The minimum Gasteiger partial charge on any atom is -0.367 e. The van der Waals surface area contributed by atoms with Gasteiger partial charge >= 0.3 is 0 Å². The average molecular weight is 151 g/mol. The maximum absolute atomic E-state index is 2.99. The molecule has 0 saturated heterocycles. The van der Waals surface area contributed by atoms with Crippen LogP contribution in [0.2, 0.25) is 0 Å². The van der Waals surface area contributed by atoms with Crippen molar-refractivity contribution >= 4 is 6.08 Å². The second-order valence-corrected chi connectivity index (χ2v) is 2.37. The van der Waals surface area contributed by atoms with Crippen molar-refractivity contribution in [2.75, 3.05) is 0 Å². The highest BCUT2D eigenvalue weighted by molar-refractivity contribution is 5.50. The van der Waals surface area contributed by atoms with Gasteiger partial charge in [0.15, 0.2) is 0 Å². The molecule has 1 aromatic heterocycles. The molecule has 0 aromatic carbocycles. The van der Waals surface area contributed by atoms with E-state index in [2.05, 4.69) is 24.9 Å². The van der Waals surface area contributed by atoms with Crippen LogP contribution in [0.5, 0.6) is 0 Å². The normalized spacial score (nSPS) is 8.00. The van der Waals surface area contributed by atoms with Gasteiger partial charge in [-0.15, -0.1) is 0 Å². The number of aromatic nitrogens is 1. The highest BCUT2D eigenvalue weighted by atomic mass is 14.6. The van der Waals surface area contributed by atoms with Crippen LogP contribution in [0.25, 0.3) is 6.08 Å². The number of nitrogens with one attached hydrogen (secondary N) is 1.